The molecule has 0 aliphatic heterocycles. The van der Waals surface area contributed by atoms with Crippen LogP contribution in [0.1, 0.15) is 0 Å². The highest BCUT2D eigenvalue weighted by atomic mass is 16.3. The van der Waals surface area contributed by atoms with Gasteiger partial charge in [-0.15, -0.1) is 0 Å². The van der Waals surface area contributed by atoms with E-state index in [1.807, 2.05) is 115 Å². The van der Waals surface area contributed by atoms with Crippen LogP contribution >= 0.6 is 0 Å². The van der Waals surface area contributed by atoms with E-state index in [4.69, 9.17) is 29.3 Å². The van der Waals surface area contributed by atoms with E-state index in [1.165, 1.54) is 0 Å². The maximum absolute atomic E-state index is 6.53. The highest BCUT2D eigenvalue weighted by molar-refractivity contribution is 6.08. The van der Waals surface area contributed by atoms with E-state index in [1.54, 1.807) is 31.0 Å². The molecule has 0 aliphatic rings. The molecule has 0 radical (unpaired) electrons. The molecule has 0 atom stereocenters. The molecule has 0 saturated heterocycles. The third-order valence-corrected chi connectivity index (χ3v) is 8.35. The summed E-state index contributed by atoms with van der Waals surface area (Å²) in [7, 11) is 0. The molecule has 9 aromatic rings. The fraction of sp³-hybridized carbons (Fsp3) is 0. The normalized spacial score (nSPS) is 11.3. The van der Waals surface area contributed by atoms with E-state index in [9.17, 15) is 0 Å². The number of fused-ring (bicyclic) bond motifs is 3. The van der Waals surface area contributed by atoms with Gasteiger partial charge in [-0.25, -0.2) is 19.9 Å². The number of rotatable bonds is 6. The molecule has 6 aromatic heterocycles. The fourth-order valence-corrected chi connectivity index (χ4v) is 5.96. The zero-order chi connectivity index (χ0) is 32.6. The molecule has 0 bridgehead atoms. The van der Waals surface area contributed by atoms with Crippen LogP contribution < -0.4 is 0 Å². The van der Waals surface area contributed by atoms with Crippen molar-refractivity contribution in [2.75, 3.05) is 0 Å². The number of aromatic nitrogens is 7. The van der Waals surface area contributed by atoms with Crippen LogP contribution in [-0.2, 0) is 0 Å². The number of pyridine rings is 3. The first-order chi connectivity index (χ1) is 24.3. The minimum absolute atomic E-state index is 0.579. The molecule has 6 heterocycles. The minimum atomic E-state index is 0.579. The van der Waals surface area contributed by atoms with E-state index in [2.05, 4.69) is 16.0 Å². The zero-order valence-corrected chi connectivity index (χ0v) is 26.0. The van der Waals surface area contributed by atoms with Gasteiger partial charge in [0, 0.05) is 69.8 Å². The first kappa shape index (κ1) is 28.3. The van der Waals surface area contributed by atoms with E-state index >= 15 is 0 Å². The Morgan fingerprint density at radius 3 is 1.57 bits per heavy atom. The molecule has 8 nitrogen and oxygen atoms in total. The lowest BCUT2D eigenvalue weighted by Gasteiger charge is -2.09. The molecular weight excluding hydrogens is 606 g/mol. The Morgan fingerprint density at radius 2 is 0.980 bits per heavy atom. The summed E-state index contributed by atoms with van der Waals surface area (Å²) in [5.74, 6) is 1.18. The Bertz CT molecular complexity index is 2480. The van der Waals surface area contributed by atoms with E-state index in [0.717, 1.165) is 67.1 Å². The van der Waals surface area contributed by atoms with Crippen LogP contribution in [-0.4, -0.2) is 34.9 Å². The Hall–Kier alpha value is -6.93. The zero-order valence-electron chi connectivity index (χ0n) is 26.0. The SMILES string of the molecule is c1ccc(-c2cc(-c3ccc4oc5c(-c6cc(-c7ccccc7)nc(-c7cccnc7)n6)ccnc5c4c3)nc(-c3cccnc3)n2)cc1. The van der Waals surface area contributed by atoms with Gasteiger partial charge in [0.1, 0.15) is 11.1 Å². The van der Waals surface area contributed by atoms with Crippen LogP contribution in [0.4, 0.5) is 0 Å². The lowest BCUT2D eigenvalue weighted by atomic mass is 10.0. The molecule has 0 unspecified atom stereocenters. The van der Waals surface area contributed by atoms with Gasteiger partial charge in [0.25, 0.3) is 0 Å². The number of hydrogen-bond donors (Lipinski definition) is 0. The van der Waals surface area contributed by atoms with Crippen molar-refractivity contribution in [2.24, 2.45) is 0 Å². The van der Waals surface area contributed by atoms with E-state index < -0.39 is 0 Å². The Balaban J connectivity index is 1.20. The molecule has 8 heteroatoms. The van der Waals surface area contributed by atoms with Crippen LogP contribution in [0.2, 0.25) is 0 Å². The number of hydrogen-bond acceptors (Lipinski definition) is 8. The summed E-state index contributed by atoms with van der Waals surface area (Å²) in [6.45, 7) is 0. The van der Waals surface area contributed by atoms with Crippen molar-refractivity contribution < 1.29 is 4.42 Å². The minimum Gasteiger partial charge on any atom is -0.454 e. The maximum atomic E-state index is 6.53. The van der Waals surface area contributed by atoms with Crippen molar-refractivity contribution in [1.29, 1.82) is 0 Å². The first-order valence-electron chi connectivity index (χ1n) is 15.8. The topological polar surface area (TPSA) is 103 Å². The molecule has 0 spiro atoms. The third-order valence-electron chi connectivity index (χ3n) is 8.35. The van der Waals surface area contributed by atoms with Crippen molar-refractivity contribution in [3.8, 4) is 67.8 Å². The van der Waals surface area contributed by atoms with Crippen LogP contribution in [0.15, 0.2) is 157 Å². The van der Waals surface area contributed by atoms with Crippen LogP contribution in [0.3, 0.4) is 0 Å². The molecular formula is C41H25N7O. The summed E-state index contributed by atoms with van der Waals surface area (Å²) in [5, 5.41) is 0.877. The second kappa shape index (κ2) is 12.0. The molecule has 0 saturated carbocycles. The lowest BCUT2D eigenvalue weighted by molar-refractivity contribution is 0.669. The summed E-state index contributed by atoms with van der Waals surface area (Å²) in [5.41, 5.74) is 10.6. The quantitative estimate of drug-likeness (QED) is 0.179. The smallest absolute Gasteiger partial charge is 0.163 e. The predicted molar refractivity (Wildman–Crippen MR) is 191 cm³/mol. The van der Waals surface area contributed by atoms with Crippen molar-refractivity contribution in [1.82, 2.24) is 34.9 Å². The molecule has 0 N–H and O–H groups in total. The molecule has 0 fully saturated rings. The summed E-state index contributed by atoms with van der Waals surface area (Å²) in [4.78, 5) is 33.2. The third kappa shape index (κ3) is 5.37. The average Bonchev–Trinajstić information content (AvgIpc) is 3.57. The van der Waals surface area contributed by atoms with Gasteiger partial charge >= 0.3 is 0 Å². The van der Waals surface area contributed by atoms with Crippen molar-refractivity contribution in [3.05, 3.63) is 152 Å². The Kier molecular flexibility index (Phi) is 6.94. The van der Waals surface area contributed by atoms with Crippen LogP contribution in [0.5, 0.6) is 0 Å². The van der Waals surface area contributed by atoms with Gasteiger partial charge in [-0.3, -0.25) is 15.0 Å². The fourth-order valence-electron chi connectivity index (χ4n) is 5.96. The molecule has 49 heavy (non-hydrogen) atoms. The van der Waals surface area contributed by atoms with Gasteiger partial charge < -0.3 is 4.42 Å². The maximum Gasteiger partial charge on any atom is 0.163 e. The van der Waals surface area contributed by atoms with Gasteiger partial charge in [0.15, 0.2) is 17.2 Å². The average molecular weight is 632 g/mol. The summed E-state index contributed by atoms with van der Waals surface area (Å²) in [6, 6.07) is 39.9. The monoisotopic (exact) mass is 631 g/mol. The van der Waals surface area contributed by atoms with Gasteiger partial charge in [-0.1, -0.05) is 60.7 Å². The van der Waals surface area contributed by atoms with Crippen molar-refractivity contribution in [2.45, 2.75) is 0 Å². The lowest BCUT2D eigenvalue weighted by Crippen LogP contribution is -1.96. The molecule has 0 aliphatic carbocycles. The standard InChI is InChI=1S/C41H25N7O/c1-3-9-26(10-4-1)33-22-35(47-40(45-33)29-13-7-18-42-24-29)28-15-16-37-32(21-28)38-39(49-37)31(17-20-44-38)36-23-34(27-11-5-2-6-12-27)46-41(48-36)30-14-8-19-43-25-30/h1-25H. The van der Waals surface area contributed by atoms with Crippen molar-refractivity contribution >= 4 is 22.1 Å². The number of benzene rings is 3. The number of nitrogens with zero attached hydrogens (tertiary/aromatic N) is 7. The summed E-state index contributed by atoms with van der Waals surface area (Å²) < 4.78 is 6.53. The van der Waals surface area contributed by atoms with Crippen molar-refractivity contribution in [3.63, 3.8) is 0 Å². The van der Waals surface area contributed by atoms with E-state index in [0.29, 0.717) is 22.8 Å². The number of furan rings is 1. The van der Waals surface area contributed by atoms with Crippen LogP contribution in [0.25, 0.3) is 89.9 Å². The highest BCUT2D eigenvalue weighted by Gasteiger charge is 2.19. The largest absolute Gasteiger partial charge is 0.454 e. The molecule has 3 aromatic carbocycles. The van der Waals surface area contributed by atoms with Gasteiger partial charge in [-0.2, -0.15) is 0 Å². The molecule has 0 amide bonds. The van der Waals surface area contributed by atoms with Gasteiger partial charge in [-0.05, 0) is 60.7 Å². The Morgan fingerprint density at radius 1 is 0.429 bits per heavy atom. The second-order valence-electron chi connectivity index (χ2n) is 11.5. The summed E-state index contributed by atoms with van der Waals surface area (Å²) in [6.07, 6.45) is 8.83. The summed E-state index contributed by atoms with van der Waals surface area (Å²) >= 11 is 0. The highest BCUT2D eigenvalue weighted by Crippen LogP contribution is 2.38. The van der Waals surface area contributed by atoms with E-state index in [-0.39, 0.29) is 0 Å². The predicted octanol–water partition coefficient (Wildman–Crippen LogP) is 9.35. The molecule has 230 valence electrons. The van der Waals surface area contributed by atoms with Crippen LogP contribution in [0, 0.1) is 0 Å². The first-order valence-corrected chi connectivity index (χ1v) is 15.8. The molecule has 9 rings (SSSR count). The van der Waals surface area contributed by atoms with Gasteiger partial charge in [0.2, 0.25) is 0 Å². The van der Waals surface area contributed by atoms with Gasteiger partial charge in [0.05, 0.1) is 22.8 Å². The Labute approximate surface area is 280 Å². The second-order valence-corrected chi connectivity index (χ2v) is 11.5.